The molecule has 5 heteroatoms. The van der Waals surface area contributed by atoms with E-state index < -0.39 is 14.9 Å². The van der Waals surface area contributed by atoms with Gasteiger partial charge in [-0.25, -0.2) is 0 Å². The zero-order valence-electron chi connectivity index (χ0n) is 9.45. The second kappa shape index (κ2) is 6.11. The molecule has 0 aliphatic rings. The molecule has 0 amide bonds. The molecule has 0 heterocycles. The van der Waals surface area contributed by atoms with Crippen molar-refractivity contribution in [2.24, 2.45) is 0 Å². The van der Waals surface area contributed by atoms with Crippen LogP contribution in [0.4, 0.5) is 0 Å². The fraction of sp³-hybridized carbons (Fsp3) is 0.800. The fourth-order valence-electron chi connectivity index (χ4n) is 0.889. The van der Waals surface area contributed by atoms with Crippen molar-refractivity contribution in [3.05, 3.63) is 0 Å². The molecule has 0 unspecified atom stereocenters. The van der Waals surface area contributed by atoms with E-state index in [-0.39, 0.29) is 13.2 Å². The first-order valence-corrected chi connectivity index (χ1v) is 6.18. The van der Waals surface area contributed by atoms with Gasteiger partial charge in [-0.05, 0) is 27.2 Å². The Balaban J connectivity index is 4.24. The van der Waals surface area contributed by atoms with Crippen molar-refractivity contribution in [1.29, 1.82) is 0 Å². The summed E-state index contributed by atoms with van der Waals surface area (Å²) in [6, 6.07) is 0. The second-order valence-corrected chi connectivity index (χ2v) is 5.88. The SMILES string of the molecule is C#CCOCCC(C)(C)S(=O)(=O)OCC. The highest BCUT2D eigenvalue weighted by atomic mass is 32.2. The largest absolute Gasteiger partial charge is 0.369 e. The van der Waals surface area contributed by atoms with E-state index in [0.29, 0.717) is 13.0 Å². The molecule has 88 valence electrons. The topological polar surface area (TPSA) is 52.6 Å². The minimum Gasteiger partial charge on any atom is -0.369 e. The molecule has 0 saturated heterocycles. The van der Waals surface area contributed by atoms with Crippen LogP contribution in [0.3, 0.4) is 0 Å². The van der Waals surface area contributed by atoms with Gasteiger partial charge in [0, 0.05) is 6.61 Å². The van der Waals surface area contributed by atoms with Crippen LogP contribution in [-0.4, -0.2) is 33.0 Å². The summed E-state index contributed by atoms with van der Waals surface area (Å²) in [6.45, 7) is 5.52. The highest BCUT2D eigenvalue weighted by Crippen LogP contribution is 2.22. The molecule has 0 radical (unpaired) electrons. The van der Waals surface area contributed by atoms with Gasteiger partial charge in [-0.1, -0.05) is 5.92 Å². The van der Waals surface area contributed by atoms with E-state index >= 15 is 0 Å². The first kappa shape index (κ1) is 14.4. The molecule has 0 aliphatic heterocycles. The number of hydrogen-bond donors (Lipinski definition) is 0. The van der Waals surface area contributed by atoms with Crippen LogP contribution in [0.25, 0.3) is 0 Å². The molecule has 0 bridgehead atoms. The maximum atomic E-state index is 11.6. The van der Waals surface area contributed by atoms with Gasteiger partial charge >= 0.3 is 0 Å². The lowest BCUT2D eigenvalue weighted by Gasteiger charge is -2.23. The Morgan fingerprint density at radius 2 is 2.00 bits per heavy atom. The lowest BCUT2D eigenvalue weighted by Crippen LogP contribution is -2.34. The van der Waals surface area contributed by atoms with E-state index in [1.54, 1.807) is 20.8 Å². The third-order valence-electron chi connectivity index (χ3n) is 1.98. The van der Waals surface area contributed by atoms with Crippen molar-refractivity contribution in [1.82, 2.24) is 0 Å². The molecule has 0 N–H and O–H groups in total. The van der Waals surface area contributed by atoms with E-state index in [1.165, 1.54) is 0 Å². The molecule has 0 aromatic heterocycles. The van der Waals surface area contributed by atoms with Gasteiger partial charge in [-0.15, -0.1) is 6.42 Å². The number of terminal acetylenes is 1. The molecular weight excluding hydrogens is 216 g/mol. The summed E-state index contributed by atoms with van der Waals surface area (Å²) in [5.74, 6) is 2.31. The molecular formula is C10H18O4S. The quantitative estimate of drug-likeness (QED) is 0.377. The summed E-state index contributed by atoms with van der Waals surface area (Å²) in [6.07, 6.45) is 5.35. The maximum Gasteiger partial charge on any atom is 0.272 e. The molecule has 0 aliphatic carbocycles. The van der Waals surface area contributed by atoms with E-state index in [9.17, 15) is 8.42 Å². The number of ether oxygens (including phenoxy) is 1. The standard InChI is InChI=1S/C10H18O4S/c1-5-8-13-9-7-10(3,4)15(11,12)14-6-2/h1H,6-9H2,2-4H3. The molecule has 0 rings (SSSR count). The molecule has 0 aromatic rings. The summed E-state index contributed by atoms with van der Waals surface area (Å²) in [7, 11) is -3.53. The third kappa shape index (κ3) is 4.65. The van der Waals surface area contributed by atoms with Crippen LogP contribution in [0.5, 0.6) is 0 Å². The highest BCUT2D eigenvalue weighted by Gasteiger charge is 2.34. The average molecular weight is 234 g/mol. The van der Waals surface area contributed by atoms with Crippen LogP contribution in [0, 0.1) is 12.3 Å². The van der Waals surface area contributed by atoms with E-state index in [1.807, 2.05) is 0 Å². The van der Waals surface area contributed by atoms with Crippen LogP contribution in [-0.2, 0) is 19.0 Å². The van der Waals surface area contributed by atoms with Crippen LogP contribution in [0.1, 0.15) is 27.2 Å². The van der Waals surface area contributed by atoms with Gasteiger partial charge in [0.25, 0.3) is 10.1 Å². The molecule has 4 nitrogen and oxygen atoms in total. The summed E-state index contributed by atoms with van der Waals surface area (Å²) >= 11 is 0. The van der Waals surface area contributed by atoms with Crippen molar-refractivity contribution in [2.75, 3.05) is 19.8 Å². The molecule has 15 heavy (non-hydrogen) atoms. The smallest absolute Gasteiger partial charge is 0.272 e. The van der Waals surface area contributed by atoms with E-state index in [4.69, 9.17) is 15.3 Å². The third-order valence-corrected chi connectivity index (χ3v) is 4.09. The first-order chi connectivity index (χ1) is 6.87. The molecule has 0 fully saturated rings. The average Bonchev–Trinajstić information content (AvgIpc) is 2.12. The van der Waals surface area contributed by atoms with E-state index in [2.05, 4.69) is 5.92 Å². The van der Waals surface area contributed by atoms with Gasteiger partial charge in [0.15, 0.2) is 0 Å². The Hall–Kier alpha value is -0.570. The Morgan fingerprint density at radius 1 is 1.40 bits per heavy atom. The van der Waals surface area contributed by atoms with Crippen LogP contribution < -0.4 is 0 Å². The van der Waals surface area contributed by atoms with Crippen LogP contribution >= 0.6 is 0 Å². The molecule has 0 saturated carbocycles. The zero-order chi connectivity index (χ0) is 11.9. The second-order valence-electron chi connectivity index (χ2n) is 3.63. The van der Waals surface area contributed by atoms with E-state index in [0.717, 1.165) is 0 Å². The van der Waals surface area contributed by atoms with Gasteiger partial charge in [0.2, 0.25) is 0 Å². The Bertz CT molecular complexity index is 311. The Labute approximate surface area is 92.1 Å². The van der Waals surface area contributed by atoms with Crippen molar-refractivity contribution < 1.29 is 17.3 Å². The Morgan fingerprint density at radius 3 is 2.47 bits per heavy atom. The highest BCUT2D eigenvalue weighted by molar-refractivity contribution is 7.88. The monoisotopic (exact) mass is 234 g/mol. The van der Waals surface area contributed by atoms with Crippen molar-refractivity contribution in [3.8, 4) is 12.3 Å². The first-order valence-electron chi connectivity index (χ1n) is 4.77. The normalized spacial score (nSPS) is 12.4. The van der Waals surface area contributed by atoms with Gasteiger partial charge in [0.1, 0.15) is 6.61 Å². The van der Waals surface area contributed by atoms with Gasteiger partial charge in [-0.2, -0.15) is 8.42 Å². The predicted octanol–water partition coefficient (Wildman–Crippen LogP) is 1.17. The van der Waals surface area contributed by atoms with Gasteiger partial charge in [-0.3, -0.25) is 4.18 Å². The maximum absolute atomic E-state index is 11.6. The molecule has 0 atom stereocenters. The number of rotatable bonds is 7. The zero-order valence-corrected chi connectivity index (χ0v) is 10.3. The fourth-order valence-corrected chi connectivity index (χ4v) is 1.85. The lowest BCUT2D eigenvalue weighted by molar-refractivity contribution is 0.154. The summed E-state index contributed by atoms with van der Waals surface area (Å²) in [4.78, 5) is 0. The minimum absolute atomic E-state index is 0.150. The van der Waals surface area contributed by atoms with Crippen molar-refractivity contribution >= 4 is 10.1 Å². The van der Waals surface area contributed by atoms with Crippen molar-refractivity contribution in [3.63, 3.8) is 0 Å². The van der Waals surface area contributed by atoms with Gasteiger partial charge in [0.05, 0.1) is 11.4 Å². The lowest BCUT2D eigenvalue weighted by atomic mass is 10.1. The predicted molar refractivity (Wildman–Crippen MR) is 58.9 cm³/mol. The summed E-state index contributed by atoms with van der Waals surface area (Å²) in [5.41, 5.74) is 0. The van der Waals surface area contributed by atoms with Crippen molar-refractivity contribution in [2.45, 2.75) is 31.9 Å². The number of hydrogen-bond acceptors (Lipinski definition) is 4. The minimum atomic E-state index is -3.53. The molecule has 0 spiro atoms. The summed E-state index contributed by atoms with van der Waals surface area (Å²) in [5, 5.41) is 0. The van der Waals surface area contributed by atoms with Gasteiger partial charge < -0.3 is 4.74 Å². The summed E-state index contributed by atoms with van der Waals surface area (Å²) < 4.78 is 32.0. The van der Waals surface area contributed by atoms with Crippen LogP contribution in [0.2, 0.25) is 0 Å². The van der Waals surface area contributed by atoms with Crippen LogP contribution in [0.15, 0.2) is 0 Å². The molecule has 0 aromatic carbocycles. The Kier molecular flexibility index (Phi) is 5.88.